The summed E-state index contributed by atoms with van der Waals surface area (Å²) >= 11 is 0. The van der Waals surface area contributed by atoms with Crippen molar-refractivity contribution >= 4 is 12.0 Å². The first kappa shape index (κ1) is 17.2. The minimum atomic E-state index is -0.621. The zero-order chi connectivity index (χ0) is 17.0. The number of hydrogen-bond donors (Lipinski definition) is 1. The van der Waals surface area contributed by atoms with Crippen LogP contribution in [-0.4, -0.2) is 46.6 Å². The fourth-order valence-electron chi connectivity index (χ4n) is 2.44. The highest BCUT2D eigenvalue weighted by Gasteiger charge is 2.27. The molecule has 1 atom stereocenters. The van der Waals surface area contributed by atoms with E-state index in [-0.39, 0.29) is 11.9 Å². The Morgan fingerprint density at radius 2 is 2.13 bits per heavy atom. The minimum Gasteiger partial charge on any atom is -0.444 e. The van der Waals surface area contributed by atoms with Gasteiger partial charge in [-0.05, 0) is 45.7 Å². The number of nitrogens with one attached hydrogen (secondary N) is 1. The summed E-state index contributed by atoms with van der Waals surface area (Å²) in [7, 11) is 0. The van der Waals surface area contributed by atoms with E-state index in [9.17, 15) is 14.0 Å². The number of pyridine rings is 1. The molecule has 1 aromatic heterocycles. The molecule has 23 heavy (non-hydrogen) atoms. The van der Waals surface area contributed by atoms with Gasteiger partial charge in [0.05, 0.1) is 5.56 Å². The normalized spacial score (nSPS) is 18.4. The van der Waals surface area contributed by atoms with Gasteiger partial charge in [0, 0.05) is 25.3 Å². The summed E-state index contributed by atoms with van der Waals surface area (Å²) in [4.78, 5) is 29.4. The highest BCUT2D eigenvalue weighted by Crippen LogP contribution is 2.15. The zero-order valence-electron chi connectivity index (χ0n) is 13.6. The first-order chi connectivity index (χ1) is 10.7. The summed E-state index contributed by atoms with van der Waals surface area (Å²) in [6.07, 6.45) is 2.30. The van der Waals surface area contributed by atoms with Gasteiger partial charge in [-0.15, -0.1) is 0 Å². The van der Waals surface area contributed by atoms with Gasteiger partial charge in [0.2, 0.25) is 5.95 Å². The van der Waals surface area contributed by atoms with E-state index in [1.807, 2.05) is 0 Å². The molecule has 0 spiro atoms. The van der Waals surface area contributed by atoms with E-state index in [1.54, 1.807) is 25.7 Å². The molecule has 2 rings (SSSR count). The van der Waals surface area contributed by atoms with Crippen molar-refractivity contribution in [1.82, 2.24) is 15.2 Å². The van der Waals surface area contributed by atoms with Crippen LogP contribution in [0.25, 0.3) is 0 Å². The number of likely N-dealkylation sites (tertiary alicyclic amines) is 1. The molecule has 1 aliphatic heterocycles. The fourth-order valence-corrected chi connectivity index (χ4v) is 2.44. The fraction of sp³-hybridized carbons (Fsp3) is 0.562. The molecule has 1 fully saturated rings. The van der Waals surface area contributed by atoms with Crippen LogP contribution >= 0.6 is 0 Å². The van der Waals surface area contributed by atoms with Crippen molar-refractivity contribution < 1.29 is 18.7 Å². The van der Waals surface area contributed by atoms with Crippen LogP contribution < -0.4 is 5.32 Å². The second-order valence-electron chi connectivity index (χ2n) is 6.61. The summed E-state index contributed by atoms with van der Waals surface area (Å²) in [5.41, 5.74) is -0.224. The summed E-state index contributed by atoms with van der Waals surface area (Å²) in [5, 5.41) is 2.79. The highest BCUT2D eigenvalue weighted by atomic mass is 19.1. The number of nitrogens with zero attached hydrogens (tertiary/aromatic N) is 2. The van der Waals surface area contributed by atoms with Gasteiger partial charge in [-0.1, -0.05) is 0 Å². The Hall–Kier alpha value is -2.18. The lowest BCUT2D eigenvalue weighted by Crippen LogP contribution is -2.50. The van der Waals surface area contributed by atoms with Crippen LogP contribution in [0.5, 0.6) is 0 Å². The standard InChI is InChI=1S/C16H22FN3O3/c1-16(2,3)23-15(22)19-12-5-4-8-20(10-12)14(21)11-6-7-13(17)18-9-11/h6-7,9,12H,4-5,8,10H2,1-3H3,(H,19,22)/t12-/m0/s1. The number of carbonyl (C=O) groups excluding carboxylic acids is 2. The summed E-state index contributed by atoms with van der Waals surface area (Å²) in [6.45, 7) is 6.39. The average molecular weight is 323 g/mol. The van der Waals surface area contributed by atoms with E-state index >= 15 is 0 Å². The Kier molecular flexibility index (Phi) is 5.18. The molecule has 1 saturated heterocycles. The van der Waals surface area contributed by atoms with E-state index in [4.69, 9.17) is 4.74 Å². The van der Waals surface area contributed by atoms with Crippen molar-refractivity contribution in [3.05, 3.63) is 29.8 Å². The van der Waals surface area contributed by atoms with Gasteiger partial charge in [0.25, 0.3) is 5.91 Å². The predicted octanol–water partition coefficient (Wildman–Crippen LogP) is 2.35. The molecule has 0 aromatic carbocycles. The molecule has 0 aliphatic carbocycles. The molecule has 126 valence electrons. The summed E-state index contributed by atoms with van der Waals surface area (Å²) in [5.74, 6) is -0.835. The van der Waals surface area contributed by atoms with E-state index in [2.05, 4.69) is 10.3 Å². The van der Waals surface area contributed by atoms with Gasteiger partial charge in [0.1, 0.15) is 5.60 Å². The van der Waals surface area contributed by atoms with Crippen molar-refractivity contribution in [3.63, 3.8) is 0 Å². The largest absolute Gasteiger partial charge is 0.444 e. The Labute approximate surface area is 135 Å². The molecule has 0 bridgehead atoms. The molecule has 0 radical (unpaired) electrons. The van der Waals surface area contributed by atoms with Crippen LogP contribution in [-0.2, 0) is 4.74 Å². The number of aromatic nitrogens is 1. The predicted molar refractivity (Wildman–Crippen MR) is 82.5 cm³/mol. The summed E-state index contributed by atoms with van der Waals surface area (Å²) in [6, 6.07) is 2.42. The van der Waals surface area contributed by atoms with Crippen LogP contribution in [0.3, 0.4) is 0 Å². The minimum absolute atomic E-state index is 0.157. The smallest absolute Gasteiger partial charge is 0.407 e. The third kappa shape index (κ3) is 5.19. The van der Waals surface area contributed by atoms with Crippen molar-refractivity contribution in [1.29, 1.82) is 0 Å². The molecule has 1 aliphatic rings. The topological polar surface area (TPSA) is 71.5 Å². The lowest BCUT2D eigenvalue weighted by Gasteiger charge is -2.33. The first-order valence-electron chi connectivity index (χ1n) is 7.65. The highest BCUT2D eigenvalue weighted by molar-refractivity contribution is 5.94. The lowest BCUT2D eigenvalue weighted by molar-refractivity contribution is 0.0452. The maximum absolute atomic E-state index is 12.8. The number of amides is 2. The van der Waals surface area contributed by atoms with Crippen LogP contribution in [0.15, 0.2) is 18.3 Å². The van der Waals surface area contributed by atoms with Crippen molar-refractivity contribution in [3.8, 4) is 0 Å². The zero-order valence-corrected chi connectivity index (χ0v) is 13.6. The number of alkyl carbamates (subject to hydrolysis) is 1. The molecule has 0 saturated carbocycles. The molecular weight excluding hydrogens is 301 g/mol. The molecule has 1 aromatic rings. The van der Waals surface area contributed by atoms with Crippen LogP contribution in [0.4, 0.5) is 9.18 Å². The monoisotopic (exact) mass is 323 g/mol. The van der Waals surface area contributed by atoms with Crippen LogP contribution in [0.2, 0.25) is 0 Å². The number of carbonyl (C=O) groups is 2. The first-order valence-corrected chi connectivity index (χ1v) is 7.65. The Morgan fingerprint density at radius 1 is 1.39 bits per heavy atom. The second kappa shape index (κ2) is 6.93. The second-order valence-corrected chi connectivity index (χ2v) is 6.61. The molecule has 2 amide bonds. The Balaban J connectivity index is 1.94. The van der Waals surface area contributed by atoms with Crippen LogP contribution in [0.1, 0.15) is 44.0 Å². The number of hydrogen-bond acceptors (Lipinski definition) is 4. The number of ether oxygens (including phenoxy) is 1. The van der Waals surface area contributed by atoms with E-state index in [1.165, 1.54) is 12.3 Å². The molecule has 0 unspecified atom stereocenters. The van der Waals surface area contributed by atoms with E-state index in [0.717, 1.165) is 18.9 Å². The quantitative estimate of drug-likeness (QED) is 0.848. The van der Waals surface area contributed by atoms with Gasteiger partial charge < -0.3 is 15.0 Å². The van der Waals surface area contributed by atoms with Gasteiger partial charge in [-0.3, -0.25) is 4.79 Å². The molecule has 1 N–H and O–H groups in total. The number of piperidine rings is 1. The SMILES string of the molecule is CC(C)(C)OC(=O)N[C@H]1CCCN(C(=O)c2ccc(F)nc2)C1. The number of rotatable bonds is 2. The van der Waals surface area contributed by atoms with Crippen LogP contribution in [0, 0.1) is 5.95 Å². The average Bonchev–Trinajstić information content (AvgIpc) is 2.45. The molecule has 6 nitrogen and oxygen atoms in total. The Morgan fingerprint density at radius 3 is 2.74 bits per heavy atom. The third-order valence-electron chi connectivity index (χ3n) is 3.40. The molecular formula is C16H22FN3O3. The maximum atomic E-state index is 12.8. The van der Waals surface area contributed by atoms with Gasteiger partial charge in [-0.2, -0.15) is 4.39 Å². The molecule has 7 heteroatoms. The van der Waals surface area contributed by atoms with Crippen molar-refractivity contribution in [2.45, 2.75) is 45.3 Å². The van der Waals surface area contributed by atoms with E-state index in [0.29, 0.717) is 18.7 Å². The molecule has 2 heterocycles. The lowest BCUT2D eigenvalue weighted by atomic mass is 10.0. The Bertz CT molecular complexity index is 569. The van der Waals surface area contributed by atoms with Gasteiger partial charge >= 0.3 is 6.09 Å². The number of halogens is 1. The van der Waals surface area contributed by atoms with Gasteiger partial charge in [-0.25, -0.2) is 9.78 Å². The maximum Gasteiger partial charge on any atom is 0.407 e. The van der Waals surface area contributed by atoms with Crippen molar-refractivity contribution in [2.24, 2.45) is 0 Å². The van der Waals surface area contributed by atoms with E-state index < -0.39 is 17.6 Å². The van der Waals surface area contributed by atoms with Gasteiger partial charge in [0.15, 0.2) is 0 Å². The summed E-state index contributed by atoms with van der Waals surface area (Å²) < 4.78 is 18.1. The van der Waals surface area contributed by atoms with Crippen molar-refractivity contribution in [2.75, 3.05) is 13.1 Å². The third-order valence-corrected chi connectivity index (χ3v) is 3.40.